The largest absolute Gasteiger partial charge is 0.464 e. The number of rotatable bonds is 5. The molecule has 0 bridgehead atoms. The van der Waals surface area contributed by atoms with Crippen LogP contribution in [0.2, 0.25) is 0 Å². The van der Waals surface area contributed by atoms with Crippen LogP contribution in [0.5, 0.6) is 0 Å². The highest BCUT2D eigenvalue weighted by molar-refractivity contribution is 9.10. The van der Waals surface area contributed by atoms with Gasteiger partial charge in [-0.25, -0.2) is 4.79 Å². The van der Waals surface area contributed by atoms with Gasteiger partial charge in [0.25, 0.3) is 0 Å². The summed E-state index contributed by atoms with van der Waals surface area (Å²) in [6.07, 6.45) is 2.47. The first kappa shape index (κ1) is 16.0. The molecule has 1 amide bonds. The SMILES string of the molecule is CCCOC(=O)C(CC)N1C(=O)CCc2cc(Br)ccc21. The van der Waals surface area contributed by atoms with E-state index in [0.29, 0.717) is 25.9 Å². The van der Waals surface area contributed by atoms with Gasteiger partial charge in [0.05, 0.1) is 6.61 Å². The summed E-state index contributed by atoms with van der Waals surface area (Å²) in [5.41, 5.74) is 1.92. The first-order chi connectivity index (χ1) is 10.1. The number of anilines is 1. The first-order valence-electron chi connectivity index (χ1n) is 7.35. The summed E-state index contributed by atoms with van der Waals surface area (Å²) < 4.78 is 6.23. The highest BCUT2D eigenvalue weighted by atomic mass is 79.9. The Morgan fingerprint density at radius 2 is 2.14 bits per heavy atom. The molecule has 1 aliphatic rings. The Hall–Kier alpha value is -1.36. The topological polar surface area (TPSA) is 46.6 Å². The number of amides is 1. The molecule has 0 saturated carbocycles. The van der Waals surface area contributed by atoms with Crippen molar-refractivity contribution in [1.29, 1.82) is 0 Å². The molecule has 0 aliphatic carbocycles. The van der Waals surface area contributed by atoms with E-state index in [2.05, 4.69) is 15.9 Å². The maximum atomic E-state index is 12.3. The van der Waals surface area contributed by atoms with Crippen LogP contribution in [0.15, 0.2) is 22.7 Å². The van der Waals surface area contributed by atoms with Gasteiger partial charge in [0.15, 0.2) is 0 Å². The number of aryl methyl sites for hydroxylation is 1. The van der Waals surface area contributed by atoms with Gasteiger partial charge in [-0.05, 0) is 43.0 Å². The monoisotopic (exact) mass is 353 g/mol. The van der Waals surface area contributed by atoms with Gasteiger partial charge in [-0.2, -0.15) is 0 Å². The summed E-state index contributed by atoms with van der Waals surface area (Å²) in [6.45, 7) is 4.25. The molecule has 4 nitrogen and oxygen atoms in total. The van der Waals surface area contributed by atoms with E-state index in [-0.39, 0.29) is 11.9 Å². The van der Waals surface area contributed by atoms with Gasteiger partial charge in [0.2, 0.25) is 5.91 Å². The van der Waals surface area contributed by atoms with Crippen molar-refractivity contribution in [2.45, 2.75) is 45.6 Å². The van der Waals surface area contributed by atoms with E-state index in [0.717, 1.165) is 22.1 Å². The number of hydrogen-bond acceptors (Lipinski definition) is 3. The van der Waals surface area contributed by atoms with Crippen LogP contribution in [0, 0.1) is 0 Å². The minimum atomic E-state index is -0.538. The molecule has 1 atom stereocenters. The first-order valence-corrected chi connectivity index (χ1v) is 8.14. The summed E-state index contributed by atoms with van der Waals surface area (Å²) in [5, 5.41) is 0. The highest BCUT2D eigenvalue weighted by Gasteiger charge is 2.34. The van der Waals surface area contributed by atoms with E-state index in [1.165, 1.54) is 0 Å². The fourth-order valence-corrected chi connectivity index (χ4v) is 2.99. The zero-order valence-electron chi connectivity index (χ0n) is 12.4. The molecule has 21 heavy (non-hydrogen) atoms. The Labute approximate surface area is 133 Å². The molecule has 0 N–H and O–H groups in total. The maximum Gasteiger partial charge on any atom is 0.329 e. The lowest BCUT2D eigenvalue weighted by molar-refractivity contribution is -0.146. The van der Waals surface area contributed by atoms with Crippen molar-refractivity contribution in [3.8, 4) is 0 Å². The summed E-state index contributed by atoms with van der Waals surface area (Å²) in [7, 11) is 0. The second-order valence-corrected chi connectivity index (χ2v) is 6.04. The summed E-state index contributed by atoms with van der Waals surface area (Å²) in [4.78, 5) is 26.2. The molecule has 1 unspecified atom stereocenters. The Kier molecular flexibility index (Phi) is 5.39. The van der Waals surface area contributed by atoms with Crippen molar-refractivity contribution in [2.24, 2.45) is 0 Å². The third-order valence-corrected chi connectivity index (χ3v) is 4.09. The zero-order chi connectivity index (χ0) is 15.4. The number of halogens is 1. The highest BCUT2D eigenvalue weighted by Crippen LogP contribution is 2.32. The molecule has 0 spiro atoms. The number of esters is 1. The average molecular weight is 354 g/mol. The summed E-state index contributed by atoms with van der Waals surface area (Å²) in [5.74, 6) is -0.325. The lowest BCUT2D eigenvalue weighted by Crippen LogP contribution is -2.48. The molecular formula is C16H20BrNO3. The van der Waals surface area contributed by atoms with Gasteiger partial charge < -0.3 is 4.74 Å². The predicted octanol–water partition coefficient (Wildman–Crippen LogP) is 3.46. The van der Waals surface area contributed by atoms with Crippen LogP contribution in [0.25, 0.3) is 0 Å². The van der Waals surface area contributed by atoms with E-state index >= 15 is 0 Å². The Balaban J connectivity index is 2.32. The van der Waals surface area contributed by atoms with E-state index in [9.17, 15) is 9.59 Å². The zero-order valence-corrected chi connectivity index (χ0v) is 14.0. The Morgan fingerprint density at radius 3 is 2.81 bits per heavy atom. The van der Waals surface area contributed by atoms with Crippen molar-refractivity contribution in [2.75, 3.05) is 11.5 Å². The summed E-state index contributed by atoms with van der Waals surface area (Å²) in [6, 6.07) is 5.27. The van der Waals surface area contributed by atoms with Crippen LogP contribution in [0.4, 0.5) is 5.69 Å². The van der Waals surface area contributed by atoms with Gasteiger partial charge in [0.1, 0.15) is 6.04 Å². The van der Waals surface area contributed by atoms with Crippen LogP contribution < -0.4 is 4.90 Å². The fourth-order valence-electron chi connectivity index (χ4n) is 2.58. The average Bonchev–Trinajstić information content (AvgIpc) is 2.48. The molecule has 0 fully saturated rings. The minimum absolute atomic E-state index is 0.00915. The van der Waals surface area contributed by atoms with Crippen LogP contribution in [-0.4, -0.2) is 24.5 Å². The molecule has 5 heteroatoms. The second kappa shape index (κ2) is 7.07. The number of fused-ring (bicyclic) bond motifs is 1. The number of ether oxygens (including phenoxy) is 1. The van der Waals surface area contributed by atoms with E-state index in [1.54, 1.807) is 4.90 Å². The fraction of sp³-hybridized carbons (Fsp3) is 0.500. The minimum Gasteiger partial charge on any atom is -0.464 e. The molecular weight excluding hydrogens is 334 g/mol. The quantitative estimate of drug-likeness (QED) is 0.761. The molecule has 0 aromatic heterocycles. The van der Waals surface area contributed by atoms with Crippen molar-refractivity contribution in [3.05, 3.63) is 28.2 Å². The van der Waals surface area contributed by atoms with Gasteiger partial charge in [-0.15, -0.1) is 0 Å². The van der Waals surface area contributed by atoms with Crippen molar-refractivity contribution < 1.29 is 14.3 Å². The second-order valence-electron chi connectivity index (χ2n) is 5.13. The number of carbonyl (C=O) groups excluding carboxylic acids is 2. The van der Waals surface area contributed by atoms with Crippen LogP contribution in [-0.2, 0) is 20.7 Å². The number of benzene rings is 1. The Morgan fingerprint density at radius 1 is 1.38 bits per heavy atom. The van der Waals surface area contributed by atoms with Crippen molar-refractivity contribution >= 4 is 33.5 Å². The number of carbonyl (C=O) groups is 2. The van der Waals surface area contributed by atoms with E-state index in [1.807, 2.05) is 32.0 Å². The number of hydrogen-bond donors (Lipinski definition) is 0. The predicted molar refractivity (Wildman–Crippen MR) is 85.3 cm³/mol. The third kappa shape index (κ3) is 3.46. The van der Waals surface area contributed by atoms with Gasteiger partial charge in [-0.1, -0.05) is 29.8 Å². The van der Waals surface area contributed by atoms with Crippen LogP contribution in [0.1, 0.15) is 38.7 Å². The Bertz CT molecular complexity index is 544. The lowest BCUT2D eigenvalue weighted by Gasteiger charge is -2.34. The maximum absolute atomic E-state index is 12.3. The van der Waals surface area contributed by atoms with Gasteiger partial charge in [-0.3, -0.25) is 9.69 Å². The number of nitrogens with zero attached hydrogens (tertiary/aromatic N) is 1. The molecule has 1 aliphatic heterocycles. The van der Waals surface area contributed by atoms with Crippen LogP contribution in [0.3, 0.4) is 0 Å². The normalized spacial score (nSPS) is 15.6. The van der Waals surface area contributed by atoms with Crippen molar-refractivity contribution in [1.82, 2.24) is 0 Å². The third-order valence-electron chi connectivity index (χ3n) is 3.60. The molecule has 1 aromatic carbocycles. The molecule has 114 valence electrons. The molecule has 2 rings (SSSR count). The van der Waals surface area contributed by atoms with E-state index < -0.39 is 6.04 Å². The van der Waals surface area contributed by atoms with Gasteiger partial charge in [0, 0.05) is 16.6 Å². The lowest BCUT2D eigenvalue weighted by atomic mass is 9.98. The van der Waals surface area contributed by atoms with Crippen molar-refractivity contribution in [3.63, 3.8) is 0 Å². The molecule has 0 saturated heterocycles. The molecule has 1 aromatic rings. The van der Waals surface area contributed by atoms with E-state index in [4.69, 9.17) is 4.74 Å². The molecule has 0 radical (unpaired) electrons. The van der Waals surface area contributed by atoms with Crippen LogP contribution >= 0.6 is 15.9 Å². The van der Waals surface area contributed by atoms with Gasteiger partial charge >= 0.3 is 5.97 Å². The summed E-state index contributed by atoms with van der Waals surface area (Å²) >= 11 is 3.45. The standard InChI is InChI=1S/C16H20BrNO3/c1-3-9-21-16(20)13(4-2)18-14-7-6-12(17)10-11(14)5-8-15(18)19/h6-7,10,13H,3-5,8-9H2,1-2H3. The molecule has 1 heterocycles. The smallest absolute Gasteiger partial charge is 0.329 e.